The Hall–Kier alpha value is -1.92. The molecule has 6 heteroatoms. The second kappa shape index (κ2) is 7.24. The zero-order valence-electron chi connectivity index (χ0n) is 15.6. The highest BCUT2D eigenvalue weighted by atomic mass is 32.2. The second-order valence-electron chi connectivity index (χ2n) is 7.36. The van der Waals surface area contributed by atoms with Crippen LogP contribution in [-0.2, 0) is 16.3 Å². The van der Waals surface area contributed by atoms with Crippen molar-refractivity contribution < 1.29 is 12.8 Å². The second-order valence-corrected chi connectivity index (χ2v) is 9.31. The molecule has 27 heavy (non-hydrogen) atoms. The Balaban J connectivity index is 1.58. The maximum absolute atomic E-state index is 13.5. The highest BCUT2D eigenvalue weighted by Crippen LogP contribution is 2.35. The van der Waals surface area contributed by atoms with E-state index in [1.54, 1.807) is 12.1 Å². The van der Waals surface area contributed by atoms with E-state index in [0.29, 0.717) is 6.04 Å². The van der Waals surface area contributed by atoms with Gasteiger partial charge in [-0.05, 0) is 67.8 Å². The predicted molar refractivity (Wildman–Crippen MR) is 104 cm³/mol. The summed E-state index contributed by atoms with van der Waals surface area (Å²) in [6.45, 7) is 6.49. The van der Waals surface area contributed by atoms with Crippen molar-refractivity contribution >= 4 is 15.5 Å². The van der Waals surface area contributed by atoms with Crippen LogP contribution in [0.25, 0.3) is 0 Å². The third kappa shape index (κ3) is 3.48. The molecule has 0 bridgehead atoms. The fourth-order valence-electron chi connectivity index (χ4n) is 4.27. The lowest BCUT2D eigenvalue weighted by Crippen LogP contribution is -2.44. The van der Waals surface area contributed by atoms with E-state index in [-0.39, 0.29) is 9.79 Å². The van der Waals surface area contributed by atoms with Crippen molar-refractivity contribution in [3.05, 3.63) is 53.8 Å². The monoisotopic (exact) mass is 388 g/mol. The molecule has 0 amide bonds. The summed E-state index contributed by atoms with van der Waals surface area (Å²) in [6, 6.07) is 11.1. The molecule has 2 aliphatic heterocycles. The molecule has 2 aromatic rings. The number of halogens is 1. The summed E-state index contributed by atoms with van der Waals surface area (Å²) in [5.74, 6) is -0.540. The van der Waals surface area contributed by atoms with E-state index >= 15 is 0 Å². The van der Waals surface area contributed by atoms with Crippen molar-refractivity contribution in [2.75, 3.05) is 31.1 Å². The zero-order valence-corrected chi connectivity index (χ0v) is 16.4. The topological polar surface area (TPSA) is 40.6 Å². The summed E-state index contributed by atoms with van der Waals surface area (Å²) >= 11 is 0. The number of rotatable bonds is 4. The molecule has 2 heterocycles. The van der Waals surface area contributed by atoms with E-state index in [2.05, 4.69) is 16.7 Å². The molecule has 4 nitrogen and oxygen atoms in total. The van der Waals surface area contributed by atoms with Gasteiger partial charge in [0.1, 0.15) is 5.82 Å². The van der Waals surface area contributed by atoms with Crippen molar-refractivity contribution in [1.29, 1.82) is 0 Å². The van der Waals surface area contributed by atoms with E-state index in [1.807, 2.05) is 6.07 Å². The number of anilines is 1. The molecule has 1 fully saturated rings. The first-order valence-corrected chi connectivity index (χ1v) is 11.1. The van der Waals surface area contributed by atoms with Crippen LogP contribution in [-0.4, -0.2) is 45.5 Å². The van der Waals surface area contributed by atoms with E-state index < -0.39 is 15.7 Å². The standard InChI is InChI=1S/C21H25FN2O2S/c1-2-23-11-9-18(10-12-23)24-13-8-16-14-20(6-7-21(16)24)27(25,26)19-5-3-4-17(22)15-19/h3-7,14-15,18H,2,8-13H2,1H3. The van der Waals surface area contributed by atoms with Gasteiger partial charge < -0.3 is 9.80 Å². The van der Waals surface area contributed by atoms with Crippen LogP contribution < -0.4 is 4.90 Å². The van der Waals surface area contributed by atoms with Gasteiger partial charge in [-0.3, -0.25) is 0 Å². The lowest BCUT2D eigenvalue weighted by atomic mass is 10.0. The van der Waals surface area contributed by atoms with E-state index in [4.69, 9.17) is 0 Å². The number of sulfone groups is 1. The molecule has 0 radical (unpaired) electrons. The number of nitrogens with zero attached hydrogens (tertiary/aromatic N) is 2. The Morgan fingerprint density at radius 3 is 2.48 bits per heavy atom. The lowest BCUT2D eigenvalue weighted by Gasteiger charge is -2.37. The minimum Gasteiger partial charge on any atom is -0.368 e. The molecule has 0 atom stereocenters. The number of hydrogen-bond acceptors (Lipinski definition) is 4. The van der Waals surface area contributed by atoms with Crippen molar-refractivity contribution in [3.63, 3.8) is 0 Å². The quantitative estimate of drug-likeness (QED) is 0.804. The smallest absolute Gasteiger partial charge is 0.206 e. The zero-order chi connectivity index (χ0) is 19.0. The average molecular weight is 389 g/mol. The number of fused-ring (bicyclic) bond motifs is 1. The normalized spacial score (nSPS) is 18.7. The van der Waals surface area contributed by atoms with Gasteiger partial charge in [0.05, 0.1) is 9.79 Å². The highest BCUT2D eigenvalue weighted by Gasteiger charge is 2.30. The fourth-order valence-corrected chi connectivity index (χ4v) is 5.61. The largest absolute Gasteiger partial charge is 0.368 e. The minimum absolute atomic E-state index is 0.00393. The van der Waals surface area contributed by atoms with Gasteiger partial charge in [0, 0.05) is 31.4 Å². The molecule has 2 aliphatic rings. The molecule has 0 aromatic heterocycles. The predicted octanol–water partition coefficient (Wildman–Crippen LogP) is 3.51. The van der Waals surface area contributed by atoms with E-state index in [0.717, 1.165) is 62.8 Å². The van der Waals surface area contributed by atoms with Crippen LogP contribution in [0.3, 0.4) is 0 Å². The average Bonchev–Trinajstić information content (AvgIpc) is 3.11. The number of benzene rings is 2. The molecule has 0 saturated carbocycles. The summed E-state index contributed by atoms with van der Waals surface area (Å²) in [5.41, 5.74) is 2.23. The molecule has 0 spiro atoms. The van der Waals surface area contributed by atoms with Crippen LogP contribution in [0.4, 0.5) is 10.1 Å². The summed E-state index contributed by atoms with van der Waals surface area (Å²) < 4.78 is 39.2. The van der Waals surface area contributed by atoms with E-state index in [9.17, 15) is 12.8 Å². The molecule has 2 aromatic carbocycles. The Bertz CT molecular complexity index is 937. The fraction of sp³-hybridized carbons (Fsp3) is 0.429. The van der Waals surface area contributed by atoms with Crippen LogP contribution in [0, 0.1) is 5.82 Å². The van der Waals surface area contributed by atoms with Gasteiger partial charge in [0.2, 0.25) is 9.84 Å². The van der Waals surface area contributed by atoms with Gasteiger partial charge in [0.15, 0.2) is 0 Å². The molecule has 144 valence electrons. The summed E-state index contributed by atoms with van der Waals surface area (Å²) in [7, 11) is -3.70. The van der Waals surface area contributed by atoms with Crippen LogP contribution in [0.1, 0.15) is 25.3 Å². The van der Waals surface area contributed by atoms with Crippen molar-refractivity contribution in [2.45, 2.75) is 42.0 Å². The number of hydrogen-bond donors (Lipinski definition) is 0. The SMILES string of the molecule is CCN1CCC(N2CCc3cc(S(=O)(=O)c4cccc(F)c4)ccc32)CC1. The molecule has 0 unspecified atom stereocenters. The molecule has 1 saturated heterocycles. The summed E-state index contributed by atoms with van der Waals surface area (Å²) in [4.78, 5) is 5.17. The Morgan fingerprint density at radius 2 is 1.78 bits per heavy atom. The van der Waals surface area contributed by atoms with Gasteiger partial charge in [-0.25, -0.2) is 12.8 Å². The van der Waals surface area contributed by atoms with Crippen molar-refractivity contribution in [1.82, 2.24) is 4.90 Å². The Labute approximate surface area is 160 Å². The molecule has 0 N–H and O–H groups in total. The molecule has 0 aliphatic carbocycles. The van der Waals surface area contributed by atoms with Crippen molar-refractivity contribution in [3.8, 4) is 0 Å². The van der Waals surface area contributed by atoms with Gasteiger partial charge in [-0.2, -0.15) is 0 Å². The third-order valence-electron chi connectivity index (χ3n) is 5.84. The lowest BCUT2D eigenvalue weighted by molar-refractivity contribution is 0.219. The summed E-state index contributed by atoms with van der Waals surface area (Å²) in [5, 5.41) is 0. The molecule has 4 rings (SSSR count). The van der Waals surface area contributed by atoms with Crippen LogP contribution >= 0.6 is 0 Å². The van der Waals surface area contributed by atoms with Gasteiger partial charge >= 0.3 is 0 Å². The first-order chi connectivity index (χ1) is 13.0. The maximum atomic E-state index is 13.5. The minimum atomic E-state index is -3.70. The van der Waals surface area contributed by atoms with Crippen LogP contribution in [0.5, 0.6) is 0 Å². The number of piperidine rings is 1. The van der Waals surface area contributed by atoms with Crippen LogP contribution in [0.15, 0.2) is 52.3 Å². The van der Waals surface area contributed by atoms with E-state index in [1.165, 1.54) is 18.2 Å². The Kier molecular flexibility index (Phi) is 4.95. The highest BCUT2D eigenvalue weighted by molar-refractivity contribution is 7.91. The first-order valence-electron chi connectivity index (χ1n) is 9.61. The molecular formula is C21H25FN2O2S. The van der Waals surface area contributed by atoms with Crippen molar-refractivity contribution in [2.24, 2.45) is 0 Å². The third-order valence-corrected chi connectivity index (χ3v) is 7.59. The number of likely N-dealkylation sites (tertiary alicyclic amines) is 1. The van der Waals surface area contributed by atoms with Gasteiger partial charge in [0.25, 0.3) is 0 Å². The Morgan fingerprint density at radius 1 is 1.04 bits per heavy atom. The van der Waals surface area contributed by atoms with Gasteiger partial charge in [-0.1, -0.05) is 13.0 Å². The maximum Gasteiger partial charge on any atom is 0.206 e. The summed E-state index contributed by atoms with van der Waals surface area (Å²) in [6.07, 6.45) is 3.16. The first kappa shape index (κ1) is 18.4. The van der Waals surface area contributed by atoms with Gasteiger partial charge in [-0.15, -0.1) is 0 Å². The molecular weight excluding hydrogens is 363 g/mol. The van der Waals surface area contributed by atoms with Crippen LogP contribution in [0.2, 0.25) is 0 Å².